The first kappa shape index (κ1) is 26.8. The third kappa shape index (κ3) is 3.63. The minimum absolute atomic E-state index is 0.493. The second-order valence-corrected chi connectivity index (χ2v) is 12.5. The van der Waals surface area contributed by atoms with E-state index in [-0.39, 0.29) is 0 Å². The van der Waals surface area contributed by atoms with E-state index < -0.39 is 11.1 Å². The SMILES string of the molecule is O=c1nc(-c2ccc3c(c2)C2(c4ccccc4-c4ccccc42)c2ccccc2-3)n2cc(-c3ccccc3)cc(-c3ccccc3)c2n1. The summed E-state index contributed by atoms with van der Waals surface area (Å²) in [5.74, 6) is 0.563. The van der Waals surface area contributed by atoms with E-state index in [0.29, 0.717) is 11.5 Å². The molecule has 10 rings (SSSR count). The lowest BCUT2D eigenvalue weighted by molar-refractivity contribution is 0.793. The molecular weight excluding hydrogens is 587 g/mol. The van der Waals surface area contributed by atoms with Gasteiger partial charge >= 0.3 is 5.69 Å². The monoisotopic (exact) mass is 613 g/mol. The number of rotatable bonds is 3. The number of nitrogens with zero attached hydrogens (tertiary/aromatic N) is 3. The van der Waals surface area contributed by atoms with E-state index >= 15 is 0 Å². The maximum absolute atomic E-state index is 13.4. The van der Waals surface area contributed by atoms with E-state index in [9.17, 15) is 4.79 Å². The Balaban J connectivity index is 1.29. The van der Waals surface area contributed by atoms with Gasteiger partial charge in [0.2, 0.25) is 0 Å². The van der Waals surface area contributed by atoms with Gasteiger partial charge in [0.05, 0.1) is 5.41 Å². The molecular formula is C44H27N3O. The van der Waals surface area contributed by atoms with Gasteiger partial charge in [-0.25, -0.2) is 4.79 Å². The third-order valence-corrected chi connectivity index (χ3v) is 10.1. The molecule has 2 heterocycles. The Morgan fingerprint density at radius 1 is 0.417 bits per heavy atom. The fourth-order valence-electron chi connectivity index (χ4n) is 8.18. The van der Waals surface area contributed by atoms with Crippen molar-refractivity contribution in [3.63, 3.8) is 0 Å². The highest BCUT2D eigenvalue weighted by atomic mass is 16.1. The van der Waals surface area contributed by atoms with Crippen LogP contribution >= 0.6 is 0 Å². The van der Waals surface area contributed by atoms with Crippen LogP contribution < -0.4 is 5.69 Å². The molecule has 6 aromatic carbocycles. The summed E-state index contributed by atoms with van der Waals surface area (Å²) in [6.45, 7) is 0. The van der Waals surface area contributed by atoms with E-state index in [4.69, 9.17) is 0 Å². The van der Waals surface area contributed by atoms with Crippen molar-refractivity contribution >= 4 is 5.65 Å². The maximum Gasteiger partial charge on any atom is 0.371 e. The summed E-state index contributed by atoms with van der Waals surface area (Å²) >= 11 is 0. The Morgan fingerprint density at radius 2 is 0.938 bits per heavy atom. The van der Waals surface area contributed by atoms with Gasteiger partial charge in [-0.15, -0.1) is 0 Å². The molecule has 0 atom stereocenters. The average molecular weight is 614 g/mol. The topological polar surface area (TPSA) is 47.3 Å². The molecule has 0 bridgehead atoms. The van der Waals surface area contributed by atoms with Gasteiger partial charge in [0.1, 0.15) is 0 Å². The maximum atomic E-state index is 13.4. The first-order valence-electron chi connectivity index (χ1n) is 16.2. The van der Waals surface area contributed by atoms with Gasteiger partial charge in [-0.2, -0.15) is 9.97 Å². The highest BCUT2D eigenvalue weighted by Crippen LogP contribution is 2.62. The molecule has 0 saturated carbocycles. The predicted octanol–water partition coefficient (Wildman–Crippen LogP) is 9.43. The second kappa shape index (κ2) is 10.1. The zero-order chi connectivity index (χ0) is 31.8. The molecule has 0 unspecified atom stereocenters. The number of hydrogen-bond acceptors (Lipinski definition) is 3. The van der Waals surface area contributed by atoms with Crippen molar-refractivity contribution in [2.24, 2.45) is 0 Å². The second-order valence-electron chi connectivity index (χ2n) is 12.5. The lowest BCUT2D eigenvalue weighted by atomic mass is 9.70. The number of fused-ring (bicyclic) bond motifs is 11. The molecule has 224 valence electrons. The Labute approximate surface area is 277 Å². The van der Waals surface area contributed by atoms with Gasteiger partial charge in [-0.1, -0.05) is 146 Å². The van der Waals surface area contributed by atoms with Gasteiger partial charge in [0.25, 0.3) is 0 Å². The molecule has 0 N–H and O–H groups in total. The van der Waals surface area contributed by atoms with Gasteiger partial charge < -0.3 is 0 Å². The molecule has 0 fully saturated rings. The smallest absolute Gasteiger partial charge is 0.284 e. The lowest BCUT2D eigenvalue weighted by Gasteiger charge is -2.30. The van der Waals surface area contributed by atoms with Crippen molar-refractivity contribution in [1.29, 1.82) is 0 Å². The van der Waals surface area contributed by atoms with Gasteiger partial charge in [0, 0.05) is 17.3 Å². The normalized spacial score (nSPS) is 13.2. The first-order valence-corrected chi connectivity index (χ1v) is 16.2. The summed E-state index contributed by atoms with van der Waals surface area (Å²) in [5, 5.41) is 0. The number of benzene rings is 6. The van der Waals surface area contributed by atoms with Crippen molar-refractivity contribution < 1.29 is 0 Å². The average Bonchev–Trinajstić information content (AvgIpc) is 3.62. The zero-order valence-electron chi connectivity index (χ0n) is 25.8. The highest BCUT2D eigenvalue weighted by Gasteiger charge is 2.51. The van der Waals surface area contributed by atoms with Crippen LogP contribution in [0, 0.1) is 0 Å². The van der Waals surface area contributed by atoms with Crippen LogP contribution in [0.4, 0.5) is 0 Å². The summed E-state index contributed by atoms with van der Waals surface area (Å²) in [6, 6.07) is 55.5. The molecule has 0 aliphatic heterocycles. The quantitative estimate of drug-likeness (QED) is 0.199. The Hall–Kier alpha value is -6.39. The molecule has 8 aromatic rings. The molecule has 4 nitrogen and oxygen atoms in total. The van der Waals surface area contributed by atoms with Crippen molar-refractivity contribution in [2.45, 2.75) is 5.41 Å². The Bertz CT molecular complexity index is 2580. The Morgan fingerprint density at radius 3 is 1.54 bits per heavy atom. The lowest BCUT2D eigenvalue weighted by Crippen LogP contribution is -2.26. The fraction of sp³-hybridized carbons (Fsp3) is 0.0227. The molecule has 2 aliphatic carbocycles. The predicted molar refractivity (Wildman–Crippen MR) is 192 cm³/mol. The van der Waals surface area contributed by atoms with E-state index in [1.807, 2.05) is 40.8 Å². The van der Waals surface area contributed by atoms with Crippen LogP contribution in [-0.4, -0.2) is 14.4 Å². The molecule has 2 aromatic heterocycles. The molecule has 1 spiro atoms. The summed E-state index contributed by atoms with van der Waals surface area (Å²) in [4.78, 5) is 22.5. The van der Waals surface area contributed by atoms with Crippen LogP contribution in [-0.2, 0) is 5.41 Å². The van der Waals surface area contributed by atoms with Crippen LogP contribution in [0.2, 0.25) is 0 Å². The Kier molecular flexibility index (Phi) is 5.61. The number of pyridine rings is 1. The number of hydrogen-bond donors (Lipinski definition) is 0. The van der Waals surface area contributed by atoms with E-state index in [1.165, 1.54) is 44.5 Å². The summed E-state index contributed by atoms with van der Waals surface area (Å²) in [7, 11) is 0. The fourth-order valence-corrected chi connectivity index (χ4v) is 8.18. The number of aromatic nitrogens is 3. The standard InChI is InChI=1S/C44H27N3O/c48-43-45-41(47-27-31(28-13-3-1-4-14-28)25-36(42(47)46-43)29-15-5-2-6-16-29)30-23-24-35-34-19-9-12-22-39(34)44(40(35)26-30)37-20-10-7-17-32(37)33-18-8-11-21-38(33)44/h1-27H. The molecule has 2 aliphatic rings. The van der Waals surface area contributed by atoms with Crippen molar-refractivity contribution in [2.75, 3.05) is 0 Å². The van der Waals surface area contributed by atoms with Crippen LogP contribution in [0.15, 0.2) is 169 Å². The van der Waals surface area contributed by atoms with E-state index in [0.717, 1.165) is 27.8 Å². The first-order chi connectivity index (χ1) is 23.7. The van der Waals surface area contributed by atoms with Crippen molar-refractivity contribution in [3.8, 4) is 55.9 Å². The summed E-state index contributed by atoms with van der Waals surface area (Å²) in [6.07, 6.45) is 2.06. The van der Waals surface area contributed by atoms with Crippen LogP contribution in [0.5, 0.6) is 0 Å². The van der Waals surface area contributed by atoms with E-state index in [1.54, 1.807) is 0 Å². The summed E-state index contributed by atoms with van der Waals surface area (Å²) < 4.78 is 2.00. The zero-order valence-corrected chi connectivity index (χ0v) is 25.8. The third-order valence-electron chi connectivity index (χ3n) is 10.1. The molecule has 0 amide bonds. The van der Waals surface area contributed by atoms with Crippen molar-refractivity contribution in [1.82, 2.24) is 14.4 Å². The van der Waals surface area contributed by atoms with Gasteiger partial charge in [-0.05, 0) is 73.3 Å². The van der Waals surface area contributed by atoms with Crippen LogP contribution in [0.3, 0.4) is 0 Å². The largest absolute Gasteiger partial charge is 0.371 e. The summed E-state index contributed by atoms with van der Waals surface area (Å²) in [5.41, 5.74) is 14.3. The highest BCUT2D eigenvalue weighted by molar-refractivity contribution is 5.96. The minimum atomic E-state index is -0.510. The van der Waals surface area contributed by atoms with Gasteiger partial charge in [0.15, 0.2) is 11.5 Å². The molecule has 0 radical (unpaired) electrons. The molecule has 0 saturated heterocycles. The van der Waals surface area contributed by atoms with Crippen LogP contribution in [0.25, 0.3) is 61.5 Å². The minimum Gasteiger partial charge on any atom is -0.284 e. The molecule has 48 heavy (non-hydrogen) atoms. The van der Waals surface area contributed by atoms with Crippen LogP contribution in [0.1, 0.15) is 22.3 Å². The molecule has 4 heteroatoms. The van der Waals surface area contributed by atoms with Crippen molar-refractivity contribution in [3.05, 3.63) is 197 Å². The van der Waals surface area contributed by atoms with Gasteiger partial charge in [-0.3, -0.25) is 4.40 Å². The van der Waals surface area contributed by atoms with E-state index in [2.05, 4.69) is 137 Å².